The highest BCUT2D eigenvalue weighted by Crippen LogP contribution is 2.44. The number of rotatable bonds is 2. The van der Waals surface area contributed by atoms with Crippen molar-refractivity contribution in [3.05, 3.63) is 102 Å². The van der Waals surface area contributed by atoms with Gasteiger partial charge < -0.3 is 0 Å². The smallest absolute Gasteiger partial charge is 0.208 e. The van der Waals surface area contributed by atoms with Gasteiger partial charge in [0.1, 0.15) is 0 Å². The van der Waals surface area contributed by atoms with Gasteiger partial charge >= 0.3 is 0 Å². The van der Waals surface area contributed by atoms with E-state index in [1.54, 1.807) is 36.4 Å². The van der Waals surface area contributed by atoms with Crippen molar-refractivity contribution in [2.75, 3.05) is 0 Å². The van der Waals surface area contributed by atoms with Crippen molar-refractivity contribution in [2.45, 2.75) is 9.79 Å². The molecule has 6 rings (SSSR count). The zero-order valence-corrected chi connectivity index (χ0v) is 17.1. The fraction of sp³-hybridized carbons (Fsp3) is 0. The van der Waals surface area contributed by atoms with Crippen LogP contribution >= 0.6 is 0 Å². The Morgan fingerprint density at radius 2 is 1.32 bits per heavy atom. The Labute approximate surface area is 178 Å². The van der Waals surface area contributed by atoms with Crippen LogP contribution in [0.15, 0.2) is 101 Å². The lowest BCUT2D eigenvalue weighted by molar-refractivity contribution is 0.104. The van der Waals surface area contributed by atoms with Crippen LogP contribution in [0.1, 0.15) is 15.9 Å². The van der Waals surface area contributed by atoms with E-state index in [-0.39, 0.29) is 15.6 Å². The van der Waals surface area contributed by atoms with Gasteiger partial charge in [0.15, 0.2) is 5.78 Å². The lowest BCUT2D eigenvalue weighted by atomic mass is 9.82. The molecule has 31 heavy (non-hydrogen) atoms. The van der Waals surface area contributed by atoms with Gasteiger partial charge in [0.05, 0.1) is 20.8 Å². The summed E-state index contributed by atoms with van der Waals surface area (Å²) >= 11 is 0. The van der Waals surface area contributed by atoms with Crippen LogP contribution < -0.4 is 0 Å². The first kappa shape index (κ1) is 18.0. The van der Waals surface area contributed by atoms with Crippen LogP contribution in [0.3, 0.4) is 0 Å². The number of benzene rings is 4. The molecule has 0 saturated heterocycles. The third-order valence-electron chi connectivity index (χ3n) is 5.83. The molecule has 1 aliphatic carbocycles. The number of hydrogen-bond donors (Lipinski definition) is 0. The minimum absolute atomic E-state index is 0.108. The van der Waals surface area contributed by atoms with Crippen molar-refractivity contribution >= 4 is 37.4 Å². The first-order valence-corrected chi connectivity index (χ1v) is 11.4. The molecule has 0 amide bonds. The van der Waals surface area contributed by atoms with Crippen LogP contribution in [0.4, 0.5) is 0 Å². The quantitative estimate of drug-likeness (QED) is 0.350. The van der Waals surface area contributed by atoms with Crippen molar-refractivity contribution in [3.63, 3.8) is 0 Å². The summed E-state index contributed by atoms with van der Waals surface area (Å²) < 4.78 is 27.0. The zero-order chi connectivity index (χ0) is 21.2. The molecule has 0 fully saturated rings. The Balaban J connectivity index is 1.83. The Hall–Kier alpha value is -3.83. The SMILES string of the molecule is O=C1c2ccccc2-c2c3ccccc3nc3c(S(=O)(=O)c4ccccc4)ccc1c23. The van der Waals surface area contributed by atoms with Gasteiger partial charge in [-0.05, 0) is 35.9 Å². The summed E-state index contributed by atoms with van der Waals surface area (Å²) in [4.78, 5) is 18.3. The highest BCUT2D eigenvalue weighted by atomic mass is 32.2. The number of sulfone groups is 1. The molecule has 0 unspecified atom stereocenters. The maximum Gasteiger partial charge on any atom is 0.208 e. The largest absolute Gasteiger partial charge is 0.289 e. The molecular formula is C26H15NO3S. The average Bonchev–Trinajstić information content (AvgIpc) is 2.81. The fourth-order valence-corrected chi connectivity index (χ4v) is 5.85. The Kier molecular flexibility index (Phi) is 3.67. The summed E-state index contributed by atoms with van der Waals surface area (Å²) in [5, 5.41) is 1.49. The number of carbonyl (C=O) groups is 1. The Morgan fingerprint density at radius 1 is 0.645 bits per heavy atom. The molecule has 1 heterocycles. The molecular weight excluding hydrogens is 406 g/mol. The van der Waals surface area contributed by atoms with Crippen LogP contribution in [-0.4, -0.2) is 19.2 Å². The number of ketones is 1. The molecule has 1 aliphatic rings. The van der Waals surface area contributed by atoms with E-state index in [9.17, 15) is 13.2 Å². The number of hydrogen-bond acceptors (Lipinski definition) is 4. The lowest BCUT2D eigenvalue weighted by Crippen LogP contribution is -2.13. The number of aromatic nitrogens is 1. The summed E-state index contributed by atoms with van der Waals surface area (Å²) in [6.07, 6.45) is 0. The molecule has 0 radical (unpaired) electrons. The van der Waals surface area contributed by atoms with Crippen molar-refractivity contribution in [1.29, 1.82) is 0 Å². The van der Waals surface area contributed by atoms with Gasteiger partial charge in [-0.1, -0.05) is 60.7 Å². The van der Waals surface area contributed by atoms with Gasteiger partial charge in [-0.15, -0.1) is 0 Å². The Bertz CT molecular complexity index is 1660. The number of fused-ring (bicyclic) bond motifs is 4. The van der Waals surface area contributed by atoms with Crippen molar-refractivity contribution in [3.8, 4) is 11.1 Å². The normalized spacial score (nSPS) is 12.8. The van der Waals surface area contributed by atoms with E-state index in [0.29, 0.717) is 27.5 Å². The van der Waals surface area contributed by atoms with Crippen LogP contribution in [0.5, 0.6) is 0 Å². The van der Waals surface area contributed by atoms with Gasteiger partial charge in [0, 0.05) is 27.5 Å². The van der Waals surface area contributed by atoms with Gasteiger partial charge in [-0.2, -0.15) is 0 Å². The standard InChI is InChI=1S/C26H15NO3S/c28-26-18-11-5-4-10-17(18)23-19-12-6-7-13-21(19)27-25-22(15-14-20(26)24(23)25)31(29,30)16-8-2-1-3-9-16/h1-15H. The topological polar surface area (TPSA) is 64.1 Å². The summed E-state index contributed by atoms with van der Waals surface area (Å²) in [7, 11) is -3.82. The van der Waals surface area contributed by atoms with E-state index in [0.717, 1.165) is 16.5 Å². The number of carbonyl (C=O) groups excluding carboxylic acids is 1. The monoisotopic (exact) mass is 421 g/mol. The van der Waals surface area contributed by atoms with Gasteiger partial charge in [0.2, 0.25) is 9.84 Å². The first-order chi connectivity index (χ1) is 15.1. The van der Waals surface area contributed by atoms with Crippen molar-refractivity contribution in [2.24, 2.45) is 0 Å². The van der Waals surface area contributed by atoms with E-state index < -0.39 is 9.84 Å². The molecule has 0 saturated carbocycles. The van der Waals surface area contributed by atoms with E-state index in [4.69, 9.17) is 4.98 Å². The van der Waals surface area contributed by atoms with Crippen molar-refractivity contribution in [1.82, 2.24) is 4.98 Å². The second-order valence-electron chi connectivity index (χ2n) is 7.53. The lowest BCUT2D eigenvalue weighted by Gasteiger charge is -2.22. The predicted molar refractivity (Wildman–Crippen MR) is 120 cm³/mol. The van der Waals surface area contributed by atoms with Crippen LogP contribution in [-0.2, 0) is 9.84 Å². The molecule has 0 N–H and O–H groups in total. The summed E-state index contributed by atoms with van der Waals surface area (Å²) in [5.41, 5.74) is 3.78. The molecule has 148 valence electrons. The van der Waals surface area contributed by atoms with E-state index in [2.05, 4.69) is 0 Å². The molecule has 5 aromatic rings. The molecule has 4 nitrogen and oxygen atoms in total. The maximum atomic E-state index is 13.5. The summed E-state index contributed by atoms with van der Waals surface area (Å²) in [6, 6.07) is 26.5. The molecule has 5 heteroatoms. The van der Waals surface area contributed by atoms with Crippen molar-refractivity contribution < 1.29 is 13.2 Å². The molecule has 4 aromatic carbocycles. The van der Waals surface area contributed by atoms with E-state index in [1.165, 1.54) is 6.07 Å². The van der Waals surface area contributed by atoms with E-state index in [1.807, 2.05) is 48.5 Å². The average molecular weight is 421 g/mol. The first-order valence-electron chi connectivity index (χ1n) is 9.87. The van der Waals surface area contributed by atoms with Crippen LogP contribution in [0.2, 0.25) is 0 Å². The minimum Gasteiger partial charge on any atom is -0.289 e. The van der Waals surface area contributed by atoms with Gasteiger partial charge in [-0.25, -0.2) is 13.4 Å². The van der Waals surface area contributed by atoms with Crippen LogP contribution in [0.25, 0.3) is 32.9 Å². The number of para-hydroxylation sites is 1. The second-order valence-corrected chi connectivity index (χ2v) is 9.45. The third kappa shape index (κ3) is 2.44. The van der Waals surface area contributed by atoms with Crippen LogP contribution in [0, 0.1) is 0 Å². The second kappa shape index (κ2) is 6.33. The predicted octanol–water partition coefficient (Wildman–Crippen LogP) is 5.43. The fourth-order valence-electron chi connectivity index (χ4n) is 4.43. The number of pyridine rings is 1. The minimum atomic E-state index is -3.82. The molecule has 1 aromatic heterocycles. The van der Waals surface area contributed by atoms with E-state index >= 15 is 0 Å². The van der Waals surface area contributed by atoms with Gasteiger partial charge in [0.25, 0.3) is 0 Å². The molecule has 0 spiro atoms. The third-order valence-corrected chi connectivity index (χ3v) is 7.63. The molecule has 0 bridgehead atoms. The highest BCUT2D eigenvalue weighted by molar-refractivity contribution is 7.91. The molecule has 0 aliphatic heterocycles. The Morgan fingerprint density at radius 3 is 2.13 bits per heavy atom. The number of nitrogens with zero attached hydrogens (tertiary/aromatic N) is 1. The van der Waals surface area contributed by atoms with Gasteiger partial charge in [-0.3, -0.25) is 4.79 Å². The zero-order valence-electron chi connectivity index (χ0n) is 16.2. The highest BCUT2D eigenvalue weighted by Gasteiger charge is 2.31. The molecule has 0 atom stereocenters. The maximum absolute atomic E-state index is 13.5. The summed E-state index contributed by atoms with van der Waals surface area (Å²) in [6.45, 7) is 0. The summed E-state index contributed by atoms with van der Waals surface area (Å²) in [5.74, 6) is -0.117.